The number of thiol groups is 2. The molecule has 0 amide bonds. The van der Waals surface area contributed by atoms with Gasteiger partial charge in [-0.1, -0.05) is 27.7 Å². The summed E-state index contributed by atoms with van der Waals surface area (Å²) < 4.78 is -0.0791. The van der Waals surface area contributed by atoms with Crippen molar-refractivity contribution in [1.29, 1.82) is 0 Å². The topological polar surface area (TPSA) is 0 Å². The van der Waals surface area contributed by atoms with Crippen LogP contribution in [0.3, 0.4) is 0 Å². The van der Waals surface area contributed by atoms with Crippen molar-refractivity contribution in [2.24, 2.45) is 11.8 Å². The molecule has 0 radical (unpaired) electrons. The van der Waals surface area contributed by atoms with Gasteiger partial charge < -0.3 is 0 Å². The normalized spacial score (nSPS) is 13.1. The molecule has 11 heavy (non-hydrogen) atoms. The first kappa shape index (κ1) is 11.7. The first-order chi connectivity index (χ1) is 4.86. The van der Waals surface area contributed by atoms with Gasteiger partial charge in [-0.25, -0.2) is 0 Å². The Hall–Kier alpha value is 0.700. The van der Waals surface area contributed by atoms with Gasteiger partial charge in [-0.15, -0.1) is 0 Å². The Balaban J connectivity index is 3.73. The molecule has 0 unspecified atom stereocenters. The lowest BCUT2D eigenvalue weighted by Crippen LogP contribution is -2.21. The average Bonchev–Trinajstić information content (AvgIpc) is 1.84. The summed E-state index contributed by atoms with van der Waals surface area (Å²) in [6, 6.07) is 0. The molecule has 0 aliphatic carbocycles. The third-order valence-electron chi connectivity index (χ3n) is 2.01. The van der Waals surface area contributed by atoms with E-state index < -0.39 is 0 Å². The zero-order valence-corrected chi connectivity index (χ0v) is 9.75. The van der Waals surface area contributed by atoms with Crippen molar-refractivity contribution in [2.45, 2.75) is 44.6 Å². The number of hydrogen-bond acceptors (Lipinski definition) is 2. The summed E-state index contributed by atoms with van der Waals surface area (Å²) >= 11 is 9.04. The average molecular weight is 192 g/mol. The molecule has 0 rings (SSSR count). The Labute approximate surface area is 82.0 Å². The molecular formula is C9H20S2. The van der Waals surface area contributed by atoms with Crippen LogP contribution in [0.25, 0.3) is 0 Å². The predicted octanol–water partition coefficient (Wildman–Crippen LogP) is 3.63. The van der Waals surface area contributed by atoms with E-state index in [1.807, 2.05) is 0 Å². The van der Waals surface area contributed by atoms with Crippen LogP contribution in [-0.2, 0) is 0 Å². The molecule has 2 heteroatoms. The van der Waals surface area contributed by atoms with E-state index in [1.54, 1.807) is 0 Å². The smallest absolute Gasteiger partial charge is 0.0574 e. The van der Waals surface area contributed by atoms with Crippen LogP contribution in [0.15, 0.2) is 0 Å². The second-order valence-corrected chi connectivity index (χ2v) is 5.91. The van der Waals surface area contributed by atoms with Crippen LogP contribution in [0.1, 0.15) is 40.5 Å². The lowest BCUT2D eigenvalue weighted by molar-refractivity contribution is 0.471. The largest absolute Gasteiger partial charge is 0.162 e. The van der Waals surface area contributed by atoms with E-state index in [0.717, 1.165) is 12.3 Å². The third-order valence-corrected chi connectivity index (χ3v) is 3.49. The van der Waals surface area contributed by atoms with E-state index in [4.69, 9.17) is 0 Å². The van der Waals surface area contributed by atoms with Gasteiger partial charge in [-0.05, 0) is 24.7 Å². The van der Waals surface area contributed by atoms with Gasteiger partial charge in [0.15, 0.2) is 0 Å². The van der Waals surface area contributed by atoms with Crippen molar-refractivity contribution < 1.29 is 0 Å². The zero-order valence-electron chi connectivity index (χ0n) is 7.96. The summed E-state index contributed by atoms with van der Waals surface area (Å²) in [6.45, 7) is 8.80. The van der Waals surface area contributed by atoms with Crippen LogP contribution >= 0.6 is 25.3 Å². The van der Waals surface area contributed by atoms with Crippen molar-refractivity contribution in [3.05, 3.63) is 0 Å². The molecule has 68 valence electrons. The minimum atomic E-state index is -0.0791. The van der Waals surface area contributed by atoms with Gasteiger partial charge in [0.1, 0.15) is 0 Å². The van der Waals surface area contributed by atoms with Gasteiger partial charge in [0.05, 0.1) is 4.08 Å². The molecule has 0 aliphatic rings. The molecule has 0 aromatic rings. The summed E-state index contributed by atoms with van der Waals surface area (Å²) in [5.74, 6) is 1.29. The highest BCUT2D eigenvalue weighted by Crippen LogP contribution is 2.34. The summed E-state index contributed by atoms with van der Waals surface area (Å²) in [5.41, 5.74) is 0. The number of hydrogen-bond donors (Lipinski definition) is 2. The van der Waals surface area contributed by atoms with Crippen LogP contribution in [-0.4, -0.2) is 4.08 Å². The van der Waals surface area contributed by atoms with Crippen LogP contribution in [0, 0.1) is 11.8 Å². The van der Waals surface area contributed by atoms with E-state index in [9.17, 15) is 0 Å². The van der Waals surface area contributed by atoms with Crippen LogP contribution in [0.2, 0.25) is 0 Å². The van der Waals surface area contributed by atoms with Crippen LogP contribution in [0.5, 0.6) is 0 Å². The Morgan fingerprint density at radius 1 is 1.09 bits per heavy atom. The van der Waals surface area contributed by atoms with Crippen molar-refractivity contribution in [3.8, 4) is 0 Å². The maximum Gasteiger partial charge on any atom is 0.0574 e. The van der Waals surface area contributed by atoms with Gasteiger partial charge >= 0.3 is 0 Å². The molecule has 0 atom stereocenters. The lowest BCUT2D eigenvalue weighted by Gasteiger charge is -2.27. The lowest BCUT2D eigenvalue weighted by atomic mass is 10.00. The third kappa shape index (κ3) is 5.02. The highest BCUT2D eigenvalue weighted by molar-refractivity contribution is 8.00. The molecule has 0 heterocycles. The van der Waals surface area contributed by atoms with Crippen molar-refractivity contribution in [3.63, 3.8) is 0 Å². The molecule has 0 fully saturated rings. The maximum absolute atomic E-state index is 4.52. The SMILES string of the molecule is CC(C)CCC(S)(S)C(C)C. The Morgan fingerprint density at radius 2 is 1.55 bits per heavy atom. The first-order valence-electron chi connectivity index (χ1n) is 4.31. The Morgan fingerprint density at radius 3 is 1.82 bits per heavy atom. The second kappa shape index (κ2) is 4.66. The monoisotopic (exact) mass is 192 g/mol. The van der Waals surface area contributed by atoms with E-state index in [2.05, 4.69) is 53.0 Å². The summed E-state index contributed by atoms with van der Waals surface area (Å²) in [4.78, 5) is 0. The highest BCUT2D eigenvalue weighted by atomic mass is 32.2. The summed E-state index contributed by atoms with van der Waals surface area (Å²) in [5, 5.41) is 0. The van der Waals surface area contributed by atoms with Crippen molar-refractivity contribution in [1.82, 2.24) is 0 Å². The van der Waals surface area contributed by atoms with E-state index in [-0.39, 0.29) is 4.08 Å². The molecule has 0 spiro atoms. The summed E-state index contributed by atoms with van der Waals surface area (Å²) in [7, 11) is 0. The molecule has 0 bridgehead atoms. The Bertz CT molecular complexity index is 106. The first-order valence-corrected chi connectivity index (χ1v) is 5.20. The predicted molar refractivity (Wildman–Crippen MR) is 59.6 cm³/mol. The molecule has 0 nitrogen and oxygen atoms in total. The standard InChI is InChI=1S/C9H20S2/c1-7(2)5-6-9(10,11)8(3)4/h7-8,10-11H,5-6H2,1-4H3. The highest BCUT2D eigenvalue weighted by Gasteiger charge is 2.24. The maximum atomic E-state index is 4.52. The quantitative estimate of drug-likeness (QED) is 0.493. The number of rotatable bonds is 4. The fraction of sp³-hybridized carbons (Fsp3) is 1.00. The summed E-state index contributed by atoms with van der Waals surface area (Å²) in [6.07, 6.45) is 2.31. The zero-order chi connectivity index (χ0) is 9.07. The van der Waals surface area contributed by atoms with Crippen LogP contribution in [0.4, 0.5) is 0 Å². The molecule has 0 aromatic carbocycles. The fourth-order valence-corrected chi connectivity index (χ4v) is 1.05. The van der Waals surface area contributed by atoms with Gasteiger partial charge in [-0.3, -0.25) is 0 Å². The molecule has 0 N–H and O–H groups in total. The Kier molecular flexibility index (Phi) is 4.96. The van der Waals surface area contributed by atoms with Crippen molar-refractivity contribution in [2.75, 3.05) is 0 Å². The van der Waals surface area contributed by atoms with E-state index in [1.165, 1.54) is 6.42 Å². The van der Waals surface area contributed by atoms with Gasteiger partial charge in [0, 0.05) is 0 Å². The van der Waals surface area contributed by atoms with Gasteiger partial charge in [-0.2, -0.15) is 25.3 Å². The minimum absolute atomic E-state index is 0.0791. The van der Waals surface area contributed by atoms with Gasteiger partial charge in [0.25, 0.3) is 0 Å². The minimum Gasteiger partial charge on any atom is -0.162 e. The molecule has 0 aromatic heterocycles. The fourth-order valence-electron chi connectivity index (χ4n) is 0.790. The molecule has 0 aliphatic heterocycles. The molecule has 0 saturated heterocycles. The van der Waals surface area contributed by atoms with E-state index in [0.29, 0.717) is 5.92 Å². The second-order valence-electron chi connectivity index (χ2n) is 3.97. The van der Waals surface area contributed by atoms with Crippen LogP contribution < -0.4 is 0 Å². The van der Waals surface area contributed by atoms with E-state index >= 15 is 0 Å². The molecule has 0 saturated carbocycles. The van der Waals surface area contributed by atoms with Crippen molar-refractivity contribution >= 4 is 25.3 Å². The molecular weight excluding hydrogens is 172 g/mol. The van der Waals surface area contributed by atoms with Gasteiger partial charge in [0.2, 0.25) is 0 Å².